The molecule has 1 saturated carbocycles. The van der Waals surface area contributed by atoms with Crippen LogP contribution in [0.1, 0.15) is 65.2 Å². The number of amides is 1. The highest BCUT2D eigenvalue weighted by Crippen LogP contribution is 2.31. The Labute approximate surface area is 201 Å². The normalized spacial score (nSPS) is 15.1. The van der Waals surface area contributed by atoms with E-state index >= 15 is 0 Å². The molecule has 0 radical (unpaired) electrons. The maximum Gasteiger partial charge on any atom is 0.266 e. The summed E-state index contributed by atoms with van der Waals surface area (Å²) in [6.45, 7) is 9.38. The van der Waals surface area contributed by atoms with Gasteiger partial charge in [-0.1, -0.05) is 38.8 Å². The van der Waals surface area contributed by atoms with Crippen LogP contribution in [-0.4, -0.2) is 33.5 Å². The smallest absolute Gasteiger partial charge is 0.266 e. The minimum absolute atomic E-state index is 0.0623. The van der Waals surface area contributed by atoms with E-state index in [9.17, 15) is 9.59 Å². The number of hydrogen-bond donors (Lipinski definition) is 0. The highest BCUT2D eigenvalue weighted by Gasteiger charge is 2.33. The number of rotatable bonds is 8. The third kappa shape index (κ3) is 4.86. The van der Waals surface area contributed by atoms with Gasteiger partial charge < -0.3 is 9.64 Å². The van der Waals surface area contributed by atoms with Crippen molar-refractivity contribution in [3.8, 4) is 11.4 Å². The average Bonchev–Trinajstić information content (AvgIpc) is 3.37. The van der Waals surface area contributed by atoms with Crippen LogP contribution in [0.2, 0.25) is 0 Å². The number of hydrogen-bond acceptors (Lipinski definition) is 4. The van der Waals surface area contributed by atoms with E-state index in [-0.39, 0.29) is 23.4 Å². The zero-order valence-electron chi connectivity index (χ0n) is 20.7. The third-order valence-corrected chi connectivity index (χ3v) is 6.60. The molecule has 4 rings (SSSR count). The molecule has 0 N–H and O–H groups in total. The molecule has 1 aliphatic rings. The summed E-state index contributed by atoms with van der Waals surface area (Å²) >= 11 is 0. The van der Waals surface area contributed by atoms with Crippen LogP contribution in [0.15, 0.2) is 53.3 Å². The molecule has 3 aromatic rings. The van der Waals surface area contributed by atoms with Gasteiger partial charge >= 0.3 is 0 Å². The zero-order valence-corrected chi connectivity index (χ0v) is 20.7. The summed E-state index contributed by atoms with van der Waals surface area (Å²) in [5.74, 6) is 1.88. The lowest BCUT2D eigenvalue weighted by atomic mass is 10.0. The molecule has 1 atom stereocenters. The van der Waals surface area contributed by atoms with Crippen LogP contribution >= 0.6 is 0 Å². The van der Waals surface area contributed by atoms with Crippen molar-refractivity contribution in [3.63, 3.8) is 0 Å². The quantitative estimate of drug-likeness (QED) is 0.443. The molecule has 6 nitrogen and oxygen atoms in total. The third-order valence-electron chi connectivity index (χ3n) is 6.60. The monoisotopic (exact) mass is 461 g/mol. The minimum Gasteiger partial charge on any atom is -0.494 e. The summed E-state index contributed by atoms with van der Waals surface area (Å²) < 4.78 is 7.25. The van der Waals surface area contributed by atoms with E-state index in [1.54, 1.807) is 10.6 Å². The molecule has 1 heterocycles. The summed E-state index contributed by atoms with van der Waals surface area (Å²) in [5.41, 5.74) is 1.23. The molecule has 180 valence electrons. The number of carbonyl (C=O) groups excluding carboxylic acids is 1. The van der Waals surface area contributed by atoms with E-state index in [1.165, 1.54) is 0 Å². The van der Waals surface area contributed by atoms with Gasteiger partial charge in [-0.05, 0) is 69.0 Å². The highest BCUT2D eigenvalue weighted by atomic mass is 16.5. The van der Waals surface area contributed by atoms with Gasteiger partial charge in [-0.25, -0.2) is 4.98 Å². The number of benzene rings is 2. The second kappa shape index (κ2) is 10.4. The van der Waals surface area contributed by atoms with Gasteiger partial charge in [0.15, 0.2) is 0 Å². The van der Waals surface area contributed by atoms with Crippen LogP contribution in [-0.2, 0) is 4.79 Å². The lowest BCUT2D eigenvalue weighted by Gasteiger charge is -2.33. The Balaban J connectivity index is 1.85. The van der Waals surface area contributed by atoms with Gasteiger partial charge in [0.1, 0.15) is 11.6 Å². The SMILES string of the molecule is CCOc1ccc(-n2c(C(C)N(CC(C)C)C(=O)C3CCCC3)nc3ccccc3c2=O)cc1. The fraction of sp³-hybridized carbons (Fsp3) is 0.464. The average molecular weight is 462 g/mol. The molecule has 1 amide bonds. The van der Waals surface area contributed by atoms with Crippen LogP contribution in [0.25, 0.3) is 16.6 Å². The van der Waals surface area contributed by atoms with Gasteiger partial charge in [0.2, 0.25) is 5.91 Å². The van der Waals surface area contributed by atoms with Crippen molar-refractivity contribution < 1.29 is 9.53 Å². The van der Waals surface area contributed by atoms with E-state index in [0.29, 0.717) is 41.5 Å². The van der Waals surface area contributed by atoms with Crippen molar-refractivity contribution in [2.75, 3.05) is 13.2 Å². The molecular formula is C28H35N3O3. The van der Waals surface area contributed by atoms with Crippen LogP contribution in [0.4, 0.5) is 0 Å². The van der Waals surface area contributed by atoms with Crippen LogP contribution in [0, 0.1) is 11.8 Å². The van der Waals surface area contributed by atoms with E-state index in [4.69, 9.17) is 9.72 Å². The van der Waals surface area contributed by atoms with Crippen LogP contribution in [0.3, 0.4) is 0 Å². The van der Waals surface area contributed by atoms with E-state index < -0.39 is 0 Å². The van der Waals surface area contributed by atoms with Gasteiger partial charge in [0.25, 0.3) is 5.56 Å². The van der Waals surface area contributed by atoms with Crippen molar-refractivity contribution >= 4 is 16.8 Å². The predicted molar refractivity (Wildman–Crippen MR) is 135 cm³/mol. The first-order valence-corrected chi connectivity index (χ1v) is 12.5. The van der Waals surface area contributed by atoms with Gasteiger partial charge in [0, 0.05) is 12.5 Å². The van der Waals surface area contributed by atoms with Crippen molar-refractivity contribution in [1.29, 1.82) is 0 Å². The minimum atomic E-state index is -0.348. The molecule has 34 heavy (non-hydrogen) atoms. The summed E-state index contributed by atoms with van der Waals surface area (Å²) in [7, 11) is 0. The number of aromatic nitrogens is 2. The van der Waals surface area contributed by atoms with Gasteiger partial charge in [-0.3, -0.25) is 14.2 Å². The lowest BCUT2D eigenvalue weighted by molar-refractivity contribution is -0.138. The number of para-hydroxylation sites is 1. The topological polar surface area (TPSA) is 64.4 Å². The van der Waals surface area contributed by atoms with Crippen molar-refractivity contribution in [2.45, 2.75) is 59.4 Å². The fourth-order valence-electron chi connectivity index (χ4n) is 4.92. The maximum atomic E-state index is 13.7. The summed E-state index contributed by atoms with van der Waals surface area (Å²) in [4.78, 5) is 34.2. The van der Waals surface area contributed by atoms with Crippen LogP contribution in [0.5, 0.6) is 5.75 Å². The number of nitrogens with zero attached hydrogens (tertiary/aromatic N) is 3. The Morgan fingerprint density at radius 1 is 1.09 bits per heavy atom. The van der Waals surface area contributed by atoms with Crippen molar-refractivity contribution in [3.05, 3.63) is 64.7 Å². The summed E-state index contributed by atoms with van der Waals surface area (Å²) in [6, 6.07) is 14.6. The molecule has 2 aromatic carbocycles. The Bertz CT molecular complexity index is 1190. The predicted octanol–water partition coefficient (Wildman–Crippen LogP) is 5.52. The van der Waals surface area contributed by atoms with Crippen LogP contribution < -0.4 is 10.3 Å². The Morgan fingerprint density at radius 3 is 2.41 bits per heavy atom. The number of fused-ring (bicyclic) bond motifs is 1. The number of ether oxygens (including phenoxy) is 1. The van der Waals surface area contributed by atoms with Gasteiger partial charge in [-0.2, -0.15) is 0 Å². The molecule has 0 spiro atoms. The molecule has 1 aromatic heterocycles. The maximum absolute atomic E-state index is 13.7. The van der Waals surface area contributed by atoms with Crippen molar-refractivity contribution in [1.82, 2.24) is 14.5 Å². The van der Waals surface area contributed by atoms with Crippen molar-refractivity contribution in [2.24, 2.45) is 11.8 Å². The molecule has 1 unspecified atom stereocenters. The second-order valence-electron chi connectivity index (χ2n) is 9.60. The summed E-state index contributed by atoms with van der Waals surface area (Å²) in [5, 5.41) is 0.560. The summed E-state index contributed by atoms with van der Waals surface area (Å²) in [6.07, 6.45) is 4.09. The second-order valence-corrected chi connectivity index (χ2v) is 9.60. The zero-order chi connectivity index (χ0) is 24.2. The molecule has 0 bridgehead atoms. The first kappa shape index (κ1) is 24.0. The molecule has 6 heteroatoms. The van der Waals surface area contributed by atoms with Gasteiger partial charge in [0.05, 0.1) is 29.2 Å². The largest absolute Gasteiger partial charge is 0.494 e. The Morgan fingerprint density at radius 2 is 1.76 bits per heavy atom. The highest BCUT2D eigenvalue weighted by molar-refractivity contribution is 5.80. The number of carbonyl (C=O) groups is 1. The standard InChI is InChI=1S/C28H35N3O3/c1-5-34-23-16-14-22(15-17-23)31-26(29-25-13-9-8-12-24(25)28(31)33)20(4)30(18-19(2)3)27(32)21-10-6-7-11-21/h8-9,12-17,19-21H,5-7,10-11,18H2,1-4H3. The Kier molecular flexibility index (Phi) is 7.35. The lowest BCUT2D eigenvalue weighted by Crippen LogP contribution is -2.42. The molecule has 0 saturated heterocycles. The van der Waals surface area contributed by atoms with E-state index in [2.05, 4.69) is 13.8 Å². The van der Waals surface area contributed by atoms with E-state index in [1.807, 2.05) is 61.2 Å². The van der Waals surface area contributed by atoms with E-state index in [0.717, 1.165) is 31.4 Å². The van der Waals surface area contributed by atoms with Gasteiger partial charge in [-0.15, -0.1) is 0 Å². The first-order valence-electron chi connectivity index (χ1n) is 12.5. The first-order chi connectivity index (χ1) is 16.4. The Hall–Kier alpha value is -3.15. The molecular weight excluding hydrogens is 426 g/mol. The molecule has 0 aliphatic heterocycles. The molecule has 1 fully saturated rings. The fourth-order valence-corrected chi connectivity index (χ4v) is 4.92. The molecule has 1 aliphatic carbocycles.